The molecule has 108 valence electrons. The average Bonchev–Trinajstić information content (AvgIpc) is 2.27. The van der Waals surface area contributed by atoms with Gasteiger partial charge in [0, 0.05) is 0 Å². The topological polar surface area (TPSA) is 63.6 Å². The van der Waals surface area contributed by atoms with Crippen molar-refractivity contribution in [2.24, 2.45) is 0 Å². The average molecular weight is 301 g/mol. The zero-order valence-corrected chi connectivity index (χ0v) is 12.0. The number of hydrogen-bond acceptors (Lipinski definition) is 3. The summed E-state index contributed by atoms with van der Waals surface area (Å²) in [6.45, 7) is 4.85. The Labute approximate surface area is 120 Å². The van der Waals surface area contributed by atoms with Gasteiger partial charge in [-0.05, 0) is 44.5 Å². The van der Waals surface area contributed by atoms with Gasteiger partial charge in [-0.2, -0.15) is 0 Å². The third kappa shape index (κ3) is 4.66. The molecule has 0 saturated heterocycles. The second-order valence-electron chi connectivity index (χ2n) is 5.04. The molecule has 0 bridgehead atoms. The van der Waals surface area contributed by atoms with Crippen molar-refractivity contribution in [1.82, 2.24) is 0 Å². The van der Waals surface area contributed by atoms with E-state index < -0.39 is 28.9 Å². The summed E-state index contributed by atoms with van der Waals surface area (Å²) in [5.74, 6) is -3.13. The molecule has 0 heterocycles. The van der Waals surface area contributed by atoms with Gasteiger partial charge >= 0.3 is 11.9 Å². The quantitative estimate of drug-likeness (QED) is 0.403. The van der Waals surface area contributed by atoms with Crippen LogP contribution < -0.4 is 0 Å². The molecule has 0 unspecified atom stereocenters. The van der Waals surface area contributed by atoms with Gasteiger partial charge in [-0.3, -0.25) is 0 Å². The lowest BCUT2D eigenvalue weighted by Gasteiger charge is -2.19. The number of esters is 1. The Hall–Kier alpha value is -1.88. The maximum Gasteiger partial charge on any atom is 0.346 e. The van der Waals surface area contributed by atoms with Crippen molar-refractivity contribution in [2.45, 2.75) is 26.4 Å². The van der Waals surface area contributed by atoms with Crippen LogP contribution in [0.3, 0.4) is 0 Å². The molecule has 0 amide bonds. The molecule has 0 aliphatic carbocycles. The molecule has 0 atom stereocenters. The van der Waals surface area contributed by atoms with Gasteiger partial charge < -0.3 is 9.84 Å². The highest BCUT2D eigenvalue weighted by molar-refractivity contribution is 6.30. The fourth-order valence-electron chi connectivity index (χ4n) is 1.31. The van der Waals surface area contributed by atoms with E-state index in [2.05, 4.69) is 0 Å². The van der Waals surface area contributed by atoms with Crippen molar-refractivity contribution < 1.29 is 23.8 Å². The van der Waals surface area contributed by atoms with Gasteiger partial charge in [-0.25, -0.2) is 14.0 Å². The van der Waals surface area contributed by atoms with Crippen LogP contribution in [0.15, 0.2) is 23.8 Å². The molecule has 0 aliphatic heterocycles. The number of aliphatic carboxylic acids is 1. The predicted octanol–water partition coefficient (Wildman–Crippen LogP) is 3.29. The molecule has 1 aromatic carbocycles. The van der Waals surface area contributed by atoms with Crippen LogP contribution in [-0.4, -0.2) is 22.6 Å². The number of halogens is 2. The van der Waals surface area contributed by atoms with Gasteiger partial charge in [-0.15, -0.1) is 0 Å². The number of carbonyl (C=O) groups excluding carboxylic acids is 1. The molecular weight excluding hydrogens is 287 g/mol. The molecule has 0 saturated carbocycles. The van der Waals surface area contributed by atoms with Gasteiger partial charge in [0.2, 0.25) is 0 Å². The Kier molecular flexibility index (Phi) is 4.89. The molecule has 1 rings (SSSR count). The summed E-state index contributed by atoms with van der Waals surface area (Å²) in [6, 6.07) is 3.71. The molecule has 20 heavy (non-hydrogen) atoms. The molecule has 6 heteroatoms. The summed E-state index contributed by atoms with van der Waals surface area (Å²) in [5.41, 5.74) is -1.20. The molecule has 1 N–H and O–H groups in total. The number of benzene rings is 1. The Bertz CT molecular complexity index is 573. The highest BCUT2D eigenvalue weighted by Gasteiger charge is 2.24. The van der Waals surface area contributed by atoms with E-state index in [-0.39, 0.29) is 10.6 Å². The van der Waals surface area contributed by atoms with E-state index in [0.717, 1.165) is 12.1 Å². The van der Waals surface area contributed by atoms with E-state index in [1.54, 1.807) is 20.8 Å². The Morgan fingerprint density at radius 1 is 1.35 bits per heavy atom. The van der Waals surface area contributed by atoms with Crippen LogP contribution in [0.4, 0.5) is 4.39 Å². The first-order chi connectivity index (χ1) is 9.10. The van der Waals surface area contributed by atoms with Crippen molar-refractivity contribution in [3.8, 4) is 0 Å². The summed E-state index contributed by atoms with van der Waals surface area (Å²) in [7, 11) is 0. The minimum absolute atomic E-state index is 0.0868. The monoisotopic (exact) mass is 300 g/mol. The van der Waals surface area contributed by atoms with Gasteiger partial charge in [0.25, 0.3) is 0 Å². The van der Waals surface area contributed by atoms with Gasteiger partial charge in [0.05, 0.1) is 5.02 Å². The fourth-order valence-corrected chi connectivity index (χ4v) is 1.43. The van der Waals surface area contributed by atoms with Gasteiger partial charge in [0.15, 0.2) is 0 Å². The molecular formula is C14H14ClFO4. The smallest absolute Gasteiger partial charge is 0.346 e. The Balaban J connectivity index is 3.13. The van der Waals surface area contributed by atoms with Crippen molar-refractivity contribution >= 4 is 29.6 Å². The molecule has 0 spiro atoms. The zero-order chi connectivity index (χ0) is 15.5. The molecule has 0 aliphatic rings. The minimum Gasteiger partial charge on any atom is -0.477 e. The number of carboxylic acid groups (broad SMARTS) is 1. The Morgan fingerprint density at radius 3 is 2.40 bits per heavy atom. The SMILES string of the molecule is CC(C)(C)OC(=O)/C(=C\c1ccc(Cl)c(F)c1)C(=O)O. The maximum atomic E-state index is 13.3. The first kappa shape index (κ1) is 16.2. The second-order valence-corrected chi connectivity index (χ2v) is 5.45. The predicted molar refractivity (Wildman–Crippen MR) is 72.9 cm³/mol. The van der Waals surface area contributed by atoms with Gasteiger partial charge in [0.1, 0.15) is 17.0 Å². The number of carbonyl (C=O) groups is 2. The van der Waals surface area contributed by atoms with Crippen LogP contribution in [0, 0.1) is 5.82 Å². The normalized spacial score (nSPS) is 12.2. The summed E-state index contributed by atoms with van der Waals surface area (Å²) >= 11 is 5.53. The van der Waals surface area contributed by atoms with E-state index in [0.29, 0.717) is 0 Å². The first-order valence-corrected chi connectivity index (χ1v) is 6.11. The van der Waals surface area contributed by atoms with E-state index in [1.807, 2.05) is 0 Å². The molecule has 0 aromatic heterocycles. The minimum atomic E-state index is -1.45. The highest BCUT2D eigenvalue weighted by Crippen LogP contribution is 2.19. The number of rotatable bonds is 3. The number of ether oxygens (including phenoxy) is 1. The van der Waals surface area contributed by atoms with Crippen molar-refractivity contribution in [2.75, 3.05) is 0 Å². The van der Waals surface area contributed by atoms with Crippen molar-refractivity contribution in [3.05, 3.63) is 40.2 Å². The van der Waals surface area contributed by atoms with Crippen LogP contribution in [0.25, 0.3) is 6.08 Å². The van der Waals surface area contributed by atoms with Crippen LogP contribution in [-0.2, 0) is 14.3 Å². The summed E-state index contributed by atoms with van der Waals surface area (Å²) in [6.07, 6.45) is 1.04. The molecule has 4 nitrogen and oxygen atoms in total. The Morgan fingerprint density at radius 2 is 1.95 bits per heavy atom. The lowest BCUT2D eigenvalue weighted by molar-refractivity contribution is -0.152. The van der Waals surface area contributed by atoms with E-state index >= 15 is 0 Å². The van der Waals surface area contributed by atoms with E-state index in [4.69, 9.17) is 21.4 Å². The summed E-state index contributed by atoms with van der Waals surface area (Å²) in [5, 5.41) is 8.95. The standard InChI is InChI=1S/C14H14ClFO4/c1-14(2,3)20-13(19)9(12(17)18)6-8-4-5-10(15)11(16)7-8/h4-7H,1-3H3,(H,17,18)/b9-6-. The molecule has 0 radical (unpaired) electrons. The largest absolute Gasteiger partial charge is 0.477 e. The van der Waals surface area contributed by atoms with Crippen molar-refractivity contribution in [3.63, 3.8) is 0 Å². The summed E-state index contributed by atoms with van der Waals surface area (Å²) < 4.78 is 18.3. The second kappa shape index (κ2) is 6.05. The van der Waals surface area contributed by atoms with E-state index in [9.17, 15) is 14.0 Å². The lowest BCUT2D eigenvalue weighted by Crippen LogP contribution is -2.27. The van der Waals surface area contributed by atoms with E-state index in [1.165, 1.54) is 12.1 Å². The fraction of sp³-hybridized carbons (Fsp3) is 0.286. The molecule has 0 fully saturated rings. The third-order valence-corrected chi connectivity index (χ3v) is 2.41. The van der Waals surface area contributed by atoms with Crippen LogP contribution in [0.5, 0.6) is 0 Å². The summed E-state index contributed by atoms with van der Waals surface area (Å²) in [4.78, 5) is 22.9. The first-order valence-electron chi connectivity index (χ1n) is 5.73. The van der Waals surface area contributed by atoms with Crippen molar-refractivity contribution in [1.29, 1.82) is 0 Å². The number of hydrogen-bond donors (Lipinski definition) is 1. The van der Waals surface area contributed by atoms with Crippen LogP contribution >= 0.6 is 11.6 Å². The number of carboxylic acids is 1. The lowest BCUT2D eigenvalue weighted by atomic mass is 10.1. The zero-order valence-electron chi connectivity index (χ0n) is 11.2. The third-order valence-electron chi connectivity index (χ3n) is 2.10. The highest BCUT2D eigenvalue weighted by atomic mass is 35.5. The maximum absolute atomic E-state index is 13.3. The van der Waals surface area contributed by atoms with Crippen LogP contribution in [0.2, 0.25) is 5.02 Å². The van der Waals surface area contributed by atoms with Gasteiger partial charge in [-0.1, -0.05) is 17.7 Å². The van der Waals surface area contributed by atoms with Crippen LogP contribution in [0.1, 0.15) is 26.3 Å². The molecule has 1 aromatic rings.